The van der Waals surface area contributed by atoms with Gasteiger partial charge in [0.05, 0.1) is 0 Å². The first kappa shape index (κ1) is 5.56. The van der Waals surface area contributed by atoms with Gasteiger partial charge in [0.2, 0.25) is 0 Å². The highest BCUT2D eigenvalue weighted by molar-refractivity contribution is 5.06. The van der Waals surface area contributed by atoms with Crippen LogP contribution in [0.25, 0.3) is 0 Å². The van der Waals surface area contributed by atoms with Crippen molar-refractivity contribution in [2.75, 3.05) is 13.1 Å². The Labute approximate surface area is 61.4 Å². The second-order valence-electron chi connectivity index (χ2n) is 3.95. The fraction of sp³-hybridized carbons (Fsp3) is 1.00. The molecule has 10 heavy (non-hydrogen) atoms. The number of rotatable bonds is 0. The Bertz CT molecular complexity index is 139. The van der Waals surface area contributed by atoms with Gasteiger partial charge in [-0.1, -0.05) is 0 Å². The van der Waals surface area contributed by atoms with Gasteiger partial charge in [0.1, 0.15) is 0 Å². The number of hydrogen-bond donors (Lipinski definition) is 2. The molecule has 0 aromatic rings. The highest BCUT2D eigenvalue weighted by Crippen LogP contribution is 2.37. The number of nitrogens with one attached hydrogen (secondary N) is 2. The first-order chi connectivity index (χ1) is 4.95. The second kappa shape index (κ2) is 1.74. The molecule has 3 rings (SSSR count). The van der Waals surface area contributed by atoms with Gasteiger partial charge in [-0.2, -0.15) is 0 Å². The van der Waals surface area contributed by atoms with E-state index in [4.69, 9.17) is 0 Å². The van der Waals surface area contributed by atoms with Gasteiger partial charge in [-0.05, 0) is 25.3 Å². The standard InChI is InChI=1S/C8H14N2/c1-2-7-6(4-9-7)8-5(1)3-10-8/h5-10H,1-4H2. The molecule has 2 heterocycles. The number of hydrogen-bond acceptors (Lipinski definition) is 2. The van der Waals surface area contributed by atoms with Crippen molar-refractivity contribution in [1.82, 2.24) is 10.6 Å². The molecule has 0 aromatic carbocycles. The van der Waals surface area contributed by atoms with E-state index in [2.05, 4.69) is 10.6 Å². The van der Waals surface area contributed by atoms with Crippen LogP contribution in [-0.2, 0) is 0 Å². The lowest BCUT2D eigenvalue weighted by molar-refractivity contribution is 0.0254. The van der Waals surface area contributed by atoms with Crippen molar-refractivity contribution in [1.29, 1.82) is 0 Å². The maximum Gasteiger partial charge on any atom is 0.0163 e. The van der Waals surface area contributed by atoms with E-state index >= 15 is 0 Å². The van der Waals surface area contributed by atoms with Gasteiger partial charge in [-0.15, -0.1) is 0 Å². The fourth-order valence-corrected chi connectivity index (χ4v) is 2.71. The number of fused-ring (bicyclic) bond motifs is 3. The molecule has 0 bridgehead atoms. The van der Waals surface area contributed by atoms with Crippen molar-refractivity contribution < 1.29 is 0 Å². The van der Waals surface area contributed by atoms with Crippen LogP contribution in [0.2, 0.25) is 0 Å². The van der Waals surface area contributed by atoms with Crippen molar-refractivity contribution >= 4 is 0 Å². The van der Waals surface area contributed by atoms with Crippen LogP contribution in [0.15, 0.2) is 0 Å². The van der Waals surface area contributed by atoms with E-state index in [0.29, 0.717) is 0 Å². The van der Waals surface area contributed by atoms with Gasteiger partial charge >= 0.3 is 0 Å². The summed E-state index contributed by atoms with van der Waals surface area (Å²) in [5.41, 5.74) is 0. The summed E-state index contributed by atoms with van der Waals surface area (Å²) in [5.74, 6) is 2.04. The average molecular weight is 138 g/mol. The van der Waals surface area contributed by atoms with Crippen LogP contribution in [0, 0.1) is 11.8 Å². The molecule has 2 N–H and O–H groups in total. The topological polar surface area (TPSA) is 24.1 Å². The molecular formula is C8H14N2. The van der Waals surface area contributed by atoms with Gasteiger partial charge in [0, 0.05) is 24.5 Å². The van der Waals surface area contributed by atoms with Crippen molar-refractivity contribution in [3.63, 3.8) is 0 Å². The van der Waals surface area contributed by atoms with E-state index < -0.39 is 0 Å². The van der Waals surface area contributed by atoms with E-state index in [9.17, 15) is 0 Å². The first-order valence-corrected chi connectivity index (χ1v) is 4.42. The summed E-state index contributed by atoms with van der Waals surface area (Å²) < 4.78 is 0. The van der Waals surface area contributed by atoms with Crippen molar-refractivity contribution in [3.8, 4) is 0 Å². The molecule has 0 radical (unpaired) electrons. The van der Waals surface area contributed by atoms with Crippen LogP contribution >= 0.6 is 0 Å². The molecule has 4 unspecified atom stereocenters. The molecule has 1 aliphatic carbocycles. The molecule has 2 heteroatoms. The summed E-state index contributed by atoms with van der Waals surface area (Å²) in [6.45, 7) is 2.58. The molecule has 56 valence electrons. The third-order valence-electron chi connectivity index (χ3n) is 3.57. The summed E-state index contributed by atoms with van der Waals surface area (Å²) in [6.07, 6.45) is 2.90. The molecule has 4 atom stereocenters. The van der Waals surface area contributed by atoms with Crippen molar-refractivity contribution in [2.24, 2.45) is 11.8 Å². The highest BCUT2D eigenvalue weighted by Gasteiger charge is 2.47. The molecule has 3 aliphatic rings. The zero-order chi connectivity index (χ0) is 6.55. The third kappa shape index (κ3) is 0.523. The summed E-state index contributed by atoms with van der Waals surface area (Å²) in [7, 11) is 0. The van der Waals surface area contributed by atoms with Crippen LogP contribution in [0.3, 0.4) is 0 Å². The third-order valence-corrected chi connectivity index (χ3v) is 3.57. The van der Waals surface area contributed by atoms with E-state index in [0.717, 1.165) is 23.9 Å². The van der Waals surface area contributed by atoms with E-state index in [1.807, 2.05) is 0 Å². The summed E-state index contributed by atoms with van der Waals surface area (Å²) >= 11 is 0. The largest absolute Gasteiger partial charge is 0.313 e. The molecule has 2 saturated heterocycles. The van der Waals surface area contributed by atoms with Crippen LogP contribution in [0.4, 0.5) is 0 Å². The van der Waals surface area contributed by atoms with Gasteiger partial charge in [0.15, 0.2) is 0 Å². The normalized spacial score (nSPS) is 57.6. The fourth-order valence-electron chi connectivity index (χ4n) is 2.71. The predicted molar refractivity (Wildman–Crippen MR) is 39.8 cm³/mol. The van der Waals surface area contributed by atoms with Gasteiger partial charge < -0.3 is 10.6 Å². The summed E-state index contributed by atoms with van der Waals surface area (Å²) in [4.78, 5) is 0. The highest BCUT2D eigenvalue weighted by atomic mass is 15.1. The Morgan fingerprint density at radius 2 is 2.00 bits per heavy atom. The molecule has 0 amide bonds. The van der Waals surface area contributed by atoms with Crippen LogP contribution in [0.5, 0.6) is 0 Å². The minimum Gasteiger partial charge on any atom is -0.313 e. The van der Waals surface area contributed by atoms with Crippen molar-refractivity contribution in [3.05, 3.63) is 0 Å². The molecule has 0 aromatic heterocycles. The predicted octanol–water partition coefficient (Wildman–Crippen LogP) is -0.0438. The van der Waals surface area contributed by atoms with Gasteiger partial charge in [-0.3, -0.25) is 0 Å². The molecule has 2 nitrogen and oxygen atoms in total. The van der Waals surface area contributed by atoms with Crippen molar-refractivity contribution in [2.45, 2.75) is 24.9 Å². The maximum absolute atomic E-state index is 3.54. The lowest BCUT2D eigenvalue weighted by Gasteiger charge is -2.55. The lowest BCUT2D eigenvalue weighted by atomic mass is 9.66. The van der Waals surface area contributed by atoms with E-state index in [-0.39, 0.29) is 0 Å². The smallest absolute Gasteiger partial charge is 0.0163 e. The first-order valence-electron chi connectivity index (χ1n) is 4.42. The SMILES string of the molecule is C1CC2NCC2C2NCC12. The molecule has 3 fully saturated rings. The van der Waals surface area contributed by atoms with Crippen LogP contribution in [0.1, 0.15) is 12.8 Å². The second-order valence-corrected chi connectivity index (χ2v) is 3.95. The Morgan fingerprint density at radius 3 is 2.50 bits per heavy atom. The molecule has 2 aliphatic heterocycles. The Morgan fingerprint density at radius 1 is 1.00 bits per heavy atom. The molecule has 0 spiro atoms. The van der Waals surface area contributed by atoms with Crippen LogP contribution < -0.4 is 10.6 Å². The molecular weight excluding hydrogens is 124 g/mol. The minimum absolute atomic E-state index is 0.883. The zero-order valence-electron chi connectivity index (χ0n) is 6.14. The van der Waals surface area contributed by atoms with E-state index in [1.54, 1.807) is 0 Å². The monoisotopic (exact) mass is 138 g/mol. The van der Waals surface area contributed by atoms with E-state index in [1.165, 1.54) is 25.9 Å². The Kier molecular flexibility index (Phi) is 0.968. The molecule has 1 saturated carbocycles. The minimum atomic E-state index is 0.883. The quantitative estimate of drug-likeness (QED) is 0.490. The Hall–Kier alpha value is -0.0800. The maximum atomic E-state index is 3.54. The van der Waals surface area contributed by atoms with Gasteiger partial charge in [-0.25, -0.2) is 0 Å². The Balaban J connectivity index is 1.78. The summed E-state index contributed by atoms with van der Waals surface area (Å²) in [6, 6.07) is 1.79. The zero-order valence-corrected chi connectivity index (χ0v) is 6.14. The van der Waals surface area contributed by atoms with Gasteiger partial charge in [0.25, 0.3) is 0 Å². The summed E-state index contributed by atoms with van der Waals surface area (Å²) in [5, 5.41) is 7.03. The lowest BCUT2D eigenvalue weighted by Crippen LogP contribution is -2.71. The average Bonchev–Trinajstić information content (AvgIpc) is 1.84. The van der Waals surface area contributed by atoms with Crippen LogP contribution in [-0.4, -0.2) is 25.2 Å².